The van der Waals surface area contributed by atoms with Crippen LogP contribution in [0, 0.1) is 5.92 Å². The van der Waals surface area contributed by atoms with E-state index < -0.39 is 17.6 Å². The van der Waals surface area contributed by atoms with E-state index in [1.54, 1.807) is 6.92 Å². The zero-order valence-corrected chi connectivity index (χ0v) is 16.2. The molecule has 1 aromatic rings. The average molecular weight is 415 g/mol. The number of rotatable bonds is 7. The summed E-state index contributed by atoms with van der Waals surface area (Å²) in [5, 5.41) is 2.25. The number of nitrogens with two attached hydrogens (primary N) is 1. The standard InChI is InChI=1S/C19H25F3N4O3/c1-2-26(17(28)12-25-9-7-13(8-10-25)18(23)29)11-16(27)24-15-6-4-3-5-14(15)19(20,21)22/h3-6,13H,2,7-12H2,1H3,(H2,23,29)(H,24,27)/p+1. The molecular formula is C19H26F3N4O3+. The van der Waals surface area contributed by atoms with Crippen LogP contribution in [0.5, 0.6) is 0 Å². The molecule has 1 saturated heterocycles. The van der Waals surface area contributed by atoms with Crippen molar-refractivity contribution in [2.24, 2.45) is 11.7 Å². The number of nitrogens with one attached hydrogen (secondary N) is 2. The number of anilines is 1. The van der Waals surface area contributed by atoms with Crippen LogP contribution in [0.2, 0.25) is 0 Å². The van der Waals surface area contributed by atoms with Crippen LogP contribution in [0.25, 0.3) is 0 Å². The highest BCUT2D eigenvalue weighted by atomic mass is 19.4. The first-order chi connectivity index (χ1) is 13.6. The molecule has 0 atom stereocenters. The topological polar surface area (TPSA) is 96.9 Å². The molecule has 1 fully saturated rings. The lowest BCUT2D eigenvalue weighted by Gasteiger charge is -2.29. The van der Waals surface area contributed by atoms with Crippen molar-refractivity contribution < 1.29 is 32.5 Å². The number of alkyl halides is 3. The predicted octanol–water partition coefficient (Wildman–Crippen LogP) is 0.273. The smallest absolute Gasteiger partial charge is 0.369 e. The molecule has 0 radical (unpaired) electrons. The highest BCUT2D eigenvalue weighted by Gasteiger charge is 2.34. The second kappa shape index (κ2) is 9.73. The lowest BCUT2D eigenvalue weighted by molar-refractivity contribution is -0.898. The second-order valence-electron chi connectivity index (χ2n) is 7.10. The van der Waals surface area contributed by atoms with Gasteiger partial charge >= 0.3 is 6.18 Å². The van der Waals surface area contributed by atoms with Crippen molar-refractivity contribution in [3.05, 3.63) is 29.8 Å². The summed E-state index contributed by atoms with van der Waals surface area (Å²) in [5.41, 5.74) is 4.02. The van der Waals surface area contributed by atoms with Gasteiger partial charge in [-0.25, -0.2) is 0 Å². The van der Waals surface area contributed by atoms with Gasteiger partial charge in [-0.2, -0.15) is 13.2 Å². The summed E-state index contributed by atoms with van der Waals surface area (Å²) in [4.78, 5) is 38.3. The van der Waals surface area contributed by atoms with Crippen molar-refractivity contribution in [3.8, 4) is 0 Å². The van der Waals surface area contributed by atoms with E-state index >= 15 is 0 Å². The molecule has 10 heteroatoms. The van der Waals surface area contributed by atoms with Crippen molar-refractivity contribution in [1.82, 2.24) is 4.90 Å². The van der Waals surface area contributed by atoms with Gasteiger partial charge in [0.05, 0.1) is 24.3 Å². The Balaban J connectivity index is 1.92. The zero-order chi connectivity index (χ0) is 21.6. The van der Waals surface area contributed by atoms with E-state index in [4.69, 9.17) is 5.73 Å². The monoisotopic (exact) mass is 415 g/mol. The number of halogens is 3. The van der Waals surface area contributed by atoms with Crippen LogP contribution in [0.3, 0.4) is 0 Å². The summed E-state index contributed by atoms with van der Waals surface area (Å²) < 4.78 is 39.1. The van der Waals surface area contributed by atoms with Gasteiger partial charge in [0.25, 0.3) is 5.91 Å². The van der Waals surface area contributed by atoms with Crippen LogP contribution >= 0.6 is 0 Å². The normalized spacial score (nSPS) is 19.4. The first-order valence-electron chi connectivity index (χ1n) is 9.48. The molecule has 4 N–H and O–H groups in total. The van der Waals surface area contributed by atoms with Gasteiger partial charge in [-0.1, -0.05) is 12.1 Å². The Morgan fingerprint density at radius 1 is 1.21 bits per heavy atom. The number of piperidine rings is 1. The maximum Gasteiger partial charge on any atom is 0.418 e. The maximum atomic E-state index is 13.0. The predicted molar refractivity (Wildman–Crippen MR) is 99.8 cm³/mol. The van der Waals surface area contributed by atoms with Crippen molar-refractivity contribution >= 4 is 23.4 Å². The molecule has 1 heterocycles. The number of likely N-dealkylation sites (N-methyl/N-ethyl adjacent to an activating group) is 1. The van der Waals surface area contributed by atoms with Crippen molar-refractivity contribution in [2.45, 2.75) is 25.9 Å². The van der Waals surface area contributed by atoms with Crippen molar-refractivity contribution in [2.75, 3.05) is 38.0 Å². The summed E-state index contributed by atoms with van der Waals surface area (Å²) in [7, 11) is 0. The fourth-order valence-electron chi connectivity index (χ4n) is 3.39. The summed E-state index contributed by atoms with van der Waals surface area (Å²) >= 11 is 0. The Hall–Kier alpha value is -2.62. The molecule has 3 amide bonds. The Kier molecular flexibility index (Phi) is 7.60. The van der Waals surface area contributed by atoms with Gasteiger partial charge in [0, 0.05) is 25.3 Å². The molecule has 0 unspecified atom stereocenters. The number of para-hydroxylation sites is 1. The van der Waals surface area contributed by atoms with E-state index in [2.05, 4.69) is 5.32 Å². The number of primary amides is 1. The van der Waals surface area contributed by atoms with Crippen LogP contribution in [-0.4, -0.2) is 55.3 Å². The number of likely N-dealkylation sites (tertiary alicyclic amines) is 1. The molecule has 1 aliphatic rings. The first-order valence-corrected chi connectivity index (χ1v) is 9.48. The number of nitrogens with zero attached hydrogens (tertiary/aromatic N) is 1. The molecular weight excluding hydrogens is 389 g/mol. The summed E-state index contributed by atoms with van der Waals surface area (Å²) in [6.07, 6.45) is -3.37. The van der Waals surface area contributed by atoms with Gasteiger partial charge in [0.15, 0.2) is 6.54 Å². The van der Waals surface area contributed by atoms with Crippen LogP contribution in [-0.2, 0) is 20.6 Å². The molecule has 29 heavy (non-hydrogen) atoms. The SMILES string of the molecule is CCN(CC(=O)Nc1ccccc1C(F)(F)F)C(=O)C[NH+]1CCC(C(N)=O)CC1. The Labute approximate surface area is 167 Å². The number of quaternary nitrogens is 1. The van der Waals surface area contributed by atoms with E-state index in [0.29, 0.717) is 25.9 Å². The fourth-order valence-corrected chi connectivity index (χ4v) is 3.39. The third kappa shape index (κ3) is 6.45. The molecule has 7 nitrogen and oxygen atoms in total. The van der Waals surface area contributed by atoms with Gasteiger partial charge in [-0.05, 0) is 19.1 Å². The molecule has 0 aromatic heterocycles. The zero-order valence-electron chi connectivity index (χ0n) is 16.2. The third-order valence-electron chi connectivity index (χ3n) is 5.07. The Morgan fingerprint density at radius 2 is 1.83 bits per heavy atom. The number of carbonyl (C=O) groups excluding carboxylic acids is 3. The molecule has 0 spiro atoms. The molecule has 1 aromatic carbocycles. The highest BCUT2D eigenvalue weighted by molar-refractivity contribution is 5.95. The van der Waals surface area contributed by atoms with E-state index in [1.165, 1.54) is 23.1 Å². The minimum absolute atomic E-state index is 0.158. The number of benzene rings is 1. The Morgan fingerprint density at radius 3 is 2.38 bits per heavy atom. The van der Waals surface area contributed by atoms with Crippen molar-refractivity contribution in [1.29, 1.82) is 0 Å². The van der Waals surface area contributed by atoms with E-state index in [0.717, 1.165) is 11.0 Å². The molecule has 160 valence electrons. The van der Waals surface area contributed by atoms with E-state index in [-0.39, 0.29) is 43.1 Å². The molecule has 0 bridgehead atoms. The van der Waals surface area contributed by atoms with Gasteiger partial charge in [-0.15, -0.1) is 0 Å². The van der Waals surface area contributed by atoms with Crippen LogP contribution in [0.15, 0.2) is 24.3 Å². The molecule has 0 saturated carbocycles. The van der Waals surface area contributed by atoms with Gasteiger partial charge in [-0.3, -0.25) is 14.4 Å². The Bertz CT molecular complexity index is 746. The van der Waals surface area contributed by atoms with Crippen molar-refractivity contribution in [3.63, 3.8) is 0 Å². The second-order valence-corrected chi connectivity index (χ2v) is 7.10. The first kappa shape index (κ1) is 22.7. The number of hydrogen-bond acceptors (Lipinski definition) is 3. The minimum Gasteiger partial charge on any atom is -0.369 e. The molecule has 0 aliphatic carbocycles. The lowest BCUT2D eigenvalue weighted by atomic mass is 9.96. The minimum atomic E-state index is -4.59. The summed E-state index contributed by atoms with van der Waals surface area (Å²) in [6.45, 7) is 3.03. The highest BCUT2D eigenvalue weighted by Crippen LogP contribution is 2.34. The number of hydrogen-bond donors (Lipinski definition) is 3. The number of amides is 3. The fraction of sp³-hybridized carbons (Fsp3) is 0.526. The molecule has 2 rings (SSSR count). The third-order valence-corrected chi connectivity index (χ3v) is 5.07. The van der Waals surface area contributed by atoms with Gasteiger partial charge in [0.2, 0.25) is 11.8 Å². The maximum absolute atomic E-state index is 13.0. The van der Waals surface area contributed by atoms with E-state index in [9.17, 15) is 27.6 Å². The van der Waals surface area contributed by atoms with Gasteiger partial charge in [0.1, 0.15) is 6.54 Å². The molecule has 1 aliphatic heterocycles. The summed E-state index contributed by atoms with van der Waals surface area (Å²) in [5.74, 6) is -1.46. The van der Waals surface area contributed by atoms with Crippen LogP contribution < -0.4 is 16.0 Å². The van der Waals surface area contributed by atoms with Crippen LogP contribution in [0.4, 0.5) is 18.9 Å². The van der Waals surface area contributed by atoms with Gasteiger partial charge < -0.3 is 20.9 Å². The quantitative estimate of drug-likeness (QED) is 0.597. The average Bonchev–Trinajstić information content (AvgIpc) is 2.66. The summed E-state index contributed by atoms with van der Waals surface area (Å²) in [6, 6.07) is 4.69. The lowest BCUT2D eigenvalue weighted by Crippen LogP contribution is -3.14. The van der Waals surface area contributed by atoms with E-state index in [1.807, 2.05) is 0 Å². The van der Waals surface area contributed by atoms with Crippen LogP contribution in [0.1, 0.15) is 25.3 Å². The largest absolute Gasteiger partial charge is 0.418 e. The number of carbonyl (C=O) groups is 3.